The second kappa shape index (κ2) is 7.48. The van der Waals surface area contributed by atoms with Crippen molar-refractivity contribution < 1.29 is 19.1 Å². The van der Waals surface area contributed by atoms with Crippen LogP contribution in [0.1, 0.15) is 112 Å². The van der Waals surface area contributed by atoms with Gasteiger partial charge in [-0.25, -0.2) is 0 Å². The highest BCUT2D eigenvalue weighted by molar-refractivity contribution is 5.79. The SMILES string of the molecule is CCC(C)(C)C(=O)OC12CC3CC(C1)CC(C(=O)OC(C)(C)C1C4CC5CC(C4)CC1C5)(C3)C2. The maximum Gasteiger partial charge on any atom is 0.312 e. The van der Waals surface area contributed by atoms with Crippen molar-refractivity contribution in [1.82, 2.24) is 0 Å². The Morgan fingerprint density at radius 3 is 1.85 bits per heavy atom. The Bertz CT molecular complexity index is 827. The summed E-state index contributed by atoms with van der Waals surface area (Å²) < 4.78 is 13.0. The standard InChI is InChI=1S/C30H46O4/c1-6-27(2,3)25(31)34-30-15-20-8-21(16-30)14-29(13-20,17-30)26(32)33-28(4,5)24-22-9-18-7-19(11-22)12-23(24)10-18/h18-24H,6-17H2,1-5H3. The Hall–Kier alpha value is -1.06. The monoisotopic (exact) mass is 470 g/mol. The first-order chi connectivity index (χ1) is 15.9. The quantitative estimate of drug-likeness (QED) is 0.405. The lowest BCUT2D eigenvalue weighted by molar-refractivity contribution is -0.229. The van der Waals surface area contributed by atoms with Crippen molar-refractivity contribution >= 4 is 11.9 Å². The van der Waals surface area contributed by atoms with Crippen molar-refractivity contribution in [3.63, 3.8) is 0 Å². The molecule has 34 heavy (non-hydrogen) atoms. The number of ether oxygens (including phenoxy) is 2. The minimum absolute atomic E-state index is 0.0237. The molecule has 2 unspecified atom stereocenters. The van der Waals surface area contributed by atoms with Crippen molar-refractivity contribution in [3.05, 3.63) is 0 Å². The Balaban J connectivity index is 1.21. The second-order valence-electron chi connectivity index (χ2n) is 15.0. The second-order valence-corrected chi connectivity index (χ2v) is 15.0. The highest BCUT2D eigenvalue weighted by atomic mass is 16.6. The van der Waals surface area contributed by atoms with Crippen molar-refractivity contribution in [2.24, 2.45) is 52.3 Å². The predicted molar refractivity (Wildman–Crippen MR) is 131 cm³/mol. The smallest absolute Gasteiger partial charge is 0.312 e. The summed E-state index contributed by atoms with van der Waals surface area (Å²) in [5.74, 6) is 4.73. The number of hydrogen-bond donors (Lipinski definition) is 0. The van der Waals surface area contributed by atoms with Gasteiger partial charge in [0.2, 0.25) is 0 Å². The summed E-state index contributed by atoms with van der Waals surface area (Å²) in [6, 6.07) is 0. The topological polar surface area (TPSA) is 52.6 Å². The van der Waals surface area contributed by atoms with Crippen LogP contribution in [-0.4, -0.2) is 23.1 Å². The maximum absolute atomic E-state index is 14.1. The fourth-order valence-electron chi connectivity index (χ4n) is 10.5. The molecule has 8 rings (SSSR count). The van der Waals surface area contributed by atoms with Crippen LogP contribution in [0.25, 0.3) is 0 Å². The first-order valence-corrected chi connectivity index (χ1v) is 14.4. The molecule has 4 nitrogen and oxygen atoms in total. The summed E-state index contributed by atoms with van der Waals surface area (Å²) >= 11 is 0. The molecule has 0 spiro atoms. The Morgan fingerprint density at radius 1 is 0.794 bits per heavy atom. The zero-order valence-electron chi connectivity index (χ0n) is 22.2. The van der Waals surface area contributed by atoms with Gasteiger partial charge in [-0.3, -0.25) is 9.59 Å². The van der Waals surface area contributed by atoms with Crippen LogP contribution in [-0.2, 0) is 19.1 Å². The number of carbonyl (C=O) groups is 2. The molecule has 190 valence electrons. The summed E-state index contributed by atoms with van der Waals surface area (Å²) in [4.78, 5) is 27.2. The van der Waals surface area contributed by atoms with Crippen LogP contribution in [0, 0.1) is 52.3 Å². The highest BCUT2D eigenvalue weighted by Crippen LogP contribution is 2.64. The number of hydrogen-bond acceptors (Lipinski definition) is 4. The largest absolute Gasteiger partial charge is 0.459 e. The fraction of sp³-hybridized carbons (Fsp3) is 0.933. The molecule has 8 saturated carbocycles. The molecule has 0 N–H and O–H groups in total. The van der Waals surface area contributed by atoms with Gasteiger partial charge in [0.1, 0.15) is 11.2 Å². The molecule has 0 heterocycles. The molecular formula is C30H46O4. The van der Waals surface area contributed by atoms with E-state index in [4.69, 9.17) is 9.47 Å². The number of rotatable bonds is 6. The van der Waals surface area contributed by atoms with Gasteiger partial charge in [-0.2, -0.15) is 0 Å². The van der Waals surface area contributed by atoms with Crippen LogP contribution in [0.5, 0.6) is 0 Å². The fourth-order valence-corrected chi connectivity index (χ4v) is 10.5. The van der Waals surface area contributed by atoms with Crippen molar-refractivity contribution in [2.45, 2.75) is 123 Å². The molecule has 0 aliphatic heterocycles. The molecule has 8 aliphatic carbocycles. The third kappa shape index (κ3) is 3.59. The number of carbonyl (C=O) groups excluding carboxylic acids is 2. The van der Waals surface area contributed by atoms with Gasteiger partial charge in [-0.15, -0.1) is 0 Å². The Labute approximate surface area is 206 Å². The molecule has 0 aromatic rings. The van der Waals surface area contributed by atoms with Gasteiger partial charge in [0.05, 0.1) is 10.8 Å². The van der Waals surface area contributed by atoms with E-state index >= 15 is 0 Å². The first-order valence-electron chi connectivity index (χ1n) is 14.4. The van der Waals surface area contributed by atoms with Gasteiger partial charge < -0.3 is 9.47 Å². The highest BCUT2D eigenvalue weighted by Gasteiger charge is 2.64. The van der Waals surface area contributed by atoms with E-state index in [1.807, 2.05) is 20.8 Å². The molecule has 2 atom stereocenters. The average Bonchev–Trinajstić information content (AvgIpc) is 2.71. The van der Waals surface area contributed by atoms with E-state index in [1.54, 1.807) is 0 Å². The molecular weight excluding hydrogens is 424 g/mol. The summed E-state index contributed by atoms with van der Waals surface area (Å²) in [6.45, 7) is 10.4. The molecule has 4 heteroatoms. The van der Waals surface area contributed by atoms with Gasteiger partial charge in [-0.05, 0) is 134 Å². The normalized spacial score (nSPS) is 46.6. The van der Waals surface area contributed by atoms with Gasteiger partial charge >= 0.3 is 11.9 Å². The van der Waals surface area contributed by atoms with Crippen LogP contribution in [0.15, 0.2) is 0 Å². The molecule has 0 saturated heterocycles. The predicted octanol–water partition coefficient (Wildman–Crippen LogP) is 6.70. The minimum Gasteiger partial charge on any atom is -0.459 e. The molecule has 0 aromatic carbocycles. The zero-order valence-corrected chi connectivity index (χ0v) is 22.2. The average molecular weight is 471 g/mol. The molecule has 0 radical (unpaired) electrons. The Kier molecular flexibility index (Phi) is 5.14. The molecule has 0 aromatic heterocycles. The van der Waals surface area contributed by atoms with Crippen LogP contribution >= 0.6 is 0 Å². The number of esters is 2. The first kappa shape index (κ1) is 23.3. The Morgan fingerprint density at radius 2 is 1.32 bits per heavy atom. The third-order valence-electron chi connectivity index (χ3n) is 11.6. The third-order valence-corrected chi connectivity index (χ3v) is 11.6. The van der Waals surface area contributed by atoms with E-state index in [-0.39, 0.29) is 11.9 Å². The summed E-state index contributed by atoms with van der Waals surface area (Å²) in [5.41, 5.74) is -1.79. The van der Waals surface area contributed by atoms with E-state index in [1.165, 1.54) is 38.5 Å². The minimum atomic E-state index is -0.474. The molecule has 8 aliphatic rings. The summed E-state index contributed by atoms with van der Waals surface area (Å²) in [7, 11) is 0. The van der Waals surface area contributed by atoms with Crippen LogP contribution in [0.4, 0.5) is 0 Å². The van der Waals surface area contributed by atoms with Gasteiger partial charge in [-0.1, -0.05) is 6.92 Å². The zero-order chi connectivity index (χ0) is 24.1. The van der Waals surface area contributed by atoms with Crippen molar-refractivity contribution in [1.29, 1.82) is 0 Å². The van der Waals surface area contributed by atoms with Gasteiger partial charge in [0.25, 0.3) is 0 Å². The van der Waals surface area contributed by atoms with Crippen molar-refractivity contribution in [3.8, 4) is 0 Å². The lowest BCUT2D eigenvalue weighted by atomic mass is 9.47. The van der Waals surface area contributed by atoms with E-state index in [9.17, 15) is 9.59 Å². The van der Waals surface area contributed by atoms with E-state index in [2.05, 4.69) is 13.8 Å². The summed E-state index contributed by atoms with van der Waals surface area (Å²) in [6.07, 6.45) is 13.2. The lowest BCUT2D eigenvalue weighted by Crippen LogP contribution is -2.62. The van der Waals surface area contributed by atoms with E-state index in [0.29, 0.717) is 24.2 Å². The summed E-state index contributed by atoms with van der Waals surface area (Å²) in [5, 5.41) is 0. The van der Waals surface area contributed by atoms with Crippen LogP contribution in [0.2, 0.25) is 0 Å². The van der Waals surface area contributed by atoms with Crippen LogP contribution < -0.4 is 0 Å². The molecule has 0 amide bonds. The van der Waals surface area contributed by atoms with E-state index < -0.39 is 22.0 Å². The van der Waals surface area contributed by atoms with Gasteiger partial charge in [0, 0.05) is 12.3 Å². The van der Waals surface area contributed by atoms with Gasteiger partial charge in [0.15, 0.2) is 0 Å². The lowest BCUT2D eigenvalue weighted by Gasteiger charge is -2.61. The molecule has 8 bridgehead atoms. The van der Waals surface area contributed by atoms with Crippen molar-refractivity contribution in [2.75, 3.05) is 0 Å². The van der Waals surface area contributed by atoms with Crippen LogP contribution in [0.3, 0.4) is 0 Å². The maximum atomic E-state index is 14.1. The van der Waals surface area contributed by atoms with E-state index in [0.717, 1.165) is 55.8 Å². The molecule has 8 fully saturated rings.